The monoisotopic (exact) mass is 258 g/mol. The Bertz CT molecular complexity index is 423. The van der Waals surface area contributed by atoms with Crippen LogP contribution in [0.5, 0.6) is 0 Å². The fourth-order valence-corrected chi connectivity index (χ4v) is 1.69. The fraction of sp³-hybridized carbons (Fsp3) is 0.444. The van der Waals surface area contributed by atoms with Crippen LogP contribution in [0.15, 0.2) is 12.1 Å². The molecule has 1 aliphatic rings. The van der Waals surface area contributed by atoms with Crippen molar-refractivity contribution in [2.45, 2.75) is 0 Å². The zero-order chi connectivity index (χ0) is 12.3. The van der Waals surface area contributed by atoms with Crippen LogP contribution in [-0.4, -0.2) is 41.2 Å². The van der Waals surface area contributed by atoms with Gasteiger partial charge in [0.2, 0.25) is 0 Å². The van der Waals surface area contributed by atoms with Crippen molar-refractivity contribution >= 4 is 23.1 Å². The molecule has 8 heteroatoms. The summed E-state index contributed by atoms with van der Waals surface area (Å²) in [4.78, 5) is 14.1. The highest BCUT2D eigenvalue weighted by molar-refractivity contribution is 6.29. The molecule has 0 radical (unpaired) electrons. The molecule has 0 amide bonds. The summed E-state index contributed by atoms with van der Waals surface area (Å²) in [5.74, 6) is 0.367. The van der Waals surface area contributed by atoms with Gasteiger partial charge in [-0.15, -0.1) is 0 Å². The third-order valence-electron chi connectivity index (χ3n) is 2.27. The minimum atomic E-state index is -0.502. The van der Waals surface area contributed by atoms with Gasteiger partial charge in [0.1, 0.15) is 11.0 Å². The first kappa shape index (κ1) is 12.0. The molecular formula is C9H11ClN4O3. The zero-order valence-corrected chi connectivity index (χ0v) is 9.68. The second kappa shape index (κ2) is 5.26. The summed E-state index contributed by atoms with van der Waals surface area (Å²) in [5.41, 5.74) is 2.89. The lowest BCUT2D eigenvalue weighted by Crippen LogP contribution is -2.40. The Kier molecular flexibility index (Phi) is 3.72. The molecule has 0 saturated carbocycles. The van der Waals surface area contributed by atoms with Crippen LogP contribution >= 0.6 is 11.6 Å². The molecule has 2 rings (SSSR count). The van der Waals surface area contributed by atoms with Crippen molar-refractivity contribution in [1.82, 2.24) is 9.99 Å². The molecule has 7 nitrogen and oxygen atoms in total. The number of morpholine rings is 1. The number of hydrogen-bond donors (Lipinski definition) is 1. The molecule has 0 atom stereocenters. The maximum absolute atomic E-state index is 10.7. The van der Waals surface area contributed by atoms with Crippen LogP contribution in [0.1, 0.15) is 0 Å². The van der Waals surface area contributed by atoms with Crippen molar-refractivity contribution in [3.63, 3.8) is 0 Å². The van der Waals surface area contributed by atoms with Crippen LogP contribution in [-0.2, 0) is 4.74 Å². The number of aromatic nitrogens is 1. The number of pyridine rings is 1. The van der Waals surface area contributed by atoms with E-state index in [1.54, 1.807) is 0 Å². The molecule has 0 unspecified atom stereocenters. The smallest absolute Gasteiger partial charge is 0.276 e. The largest absolute Gasteiger partial charge is 0.379 e. The van der Waals surface area contributed by atoms with E-state index in [-0.39, 0.29) is 10.8 Å². The van der Waals surface area contributed by atoms with Crippen molar-refractivity contribution in [2.24, 2.45) is 0 Å². The van der Waals surface area contributed by atoms with Gasteiger partial charge in [-0.05, 0) is 0 Å². The fourth-order valence-electron chi connectivity index (χ4n) is 1.48. The molecule has 17 heavy (non-hydrogen) atoms. The van der Waals surface area contributed by atoms with Gasteiger partial charge in [-0.3, -0.25) is 10.1 Å². The van der Waals surface area contributed by atoms with Gasteiger partial charge in [0.25, 0.3) is 5.69 Å². The van der Waals surface area contributed by atoms with E-state index in [0.717, 1.165) is 0 Å². The van der Waals surface area contributed by atoms with E-state index in [1.165, 1.54) is 12.1 Å². The molecule has 92 valence electrons. The van der Waals surface area contributed by atoms with Gasteiger partial charge in [0.15, 0.2) is 0 Å². The van der Waals surface area contributed by atoms with Gasteiger partial charge in [-0.2, -0.15) is 0 Å². The number of nitro groups is 1. The lowest BCUT2D eigenvalue weighted by molar-refractivity contribution is -0.384. The first-order valence-electron chi connectivity index (χ1n) is 5.06. The number of rotatable bonds is 3. The number of ether oxygens (including phenoxy) is 1. The number of halogens is 1. The van der Waals surface area contributed by atoms with Crippen molar-refractivity contribution in [1.29, 1.82) is 0 Å². The average Bonchev–Trinajstić information content (AvgIpc) is 2.29. The third kappa shape index (κ3) is 3.26. The van der Waals surface area contributed by atoms with Gasteiger partial charge >= 0.3 is 0 Å². The van der Waals surface area contributed by atoms with Crippen LogP contribution in [0.3, 0.4) is 0 Å². The summed E-state index contributed by atoms with van der Waals surface area (Å²) >= 11 is 5.71. The molecule has 1 N–H and O–H groups in total. The predicted molar refractivity (Wildman–Crippen MR) is 61.9 cm³/mol. The summed E-state index contributed by atoms with van der Waals surface area (Å²) in [7, 11) is 0. The van der Waals surface area contributed by atoms with Crippen LogP contribution in [0.2, 0.25) is 5.15 Å². The lowest BCUT2D eigenvalue weighted by Gasteiger charge is -2.27. The van der Waals surface area contributed by atoms with Crippen LogP contribution in [0, 0.1) is 10.1 Å². The number of hydrazine groups is 1. The maximum atomic E-state index is 10.7. The van der Waals surface area contributed by atoms with Crippen molar-refractivity contribution < 1.29 is 9.66 Å². The molecule has 1 saturated heterocycles. The first-order valence-corrected chi connectivity index (χ1v) is 5.44. The highest BCUT2D eigenvalue weighted by atomic mass is 35.5. The van der Waals surface area contributed by atoms with Crippen LogP contribution < -0.4 is 5.43 Å². The Morgan fingerprint density at radius 2 is 2.18 bits per heavy atom. The molecular weight excluding hydrogens is 248 g/mol. The first-order chi connectivity index (χ1) is 8.15. The summed E-state index contributed by atoms with van der Waals surface area (Å²) < 4.78 is 5.19. The highest BCUT2D eigenvalue weighted by Crippen LogP contribution is 2.20. The van der Waals surface area contributed by atoms with E-state index in [1.807, 2.05) is 5.01 Å². The van der Waals surface area contributed by atoms with Crippen molar-refractivity contribution in [3.05, 3.63) is 27.4 Å². The molecule has 0 aromatic carbocycles. The summed E-state index contributed by atoms with van der Waals surface area (Å²) in [6.45, 7) is 2.63. The van der Waals surface area contributed by atoms with E-state index in [0.29, 0.717) is 32.1 Å². The van der Waals surface area contributed by atoms with E-state index >= 15 is 0 Å². The normalized spacial score (nSPS) is 16.8. The summed E-state index contributed by atoms with van der Waals surface area (Å²) in [6.07, 6.45) is 0. The van der Waals surface area contributed by atoms with Crippen molar-refractivity contribution in [2.75, 3.05) is 31.7 Å². The molecule has 1 aromatic heterocycles. The van der Waals surface area contributed by atoms with Gasteiger partial charge < -0.3 is 10.2 Å². The summed E-state index contributed by atoms with van der Waals surface area (Å²) in [5, 5.41) is 12.6. The second-order valence-electron chi connectivity index (χ2n) is 3.50. The molecule has 0 bridgehead atoms. The van der Waals surface area contributed by atoms with E-state index in [9.17, 15) is 10.1 Å². The zero-order valence-electron chi connectivity index (χ0n) is 8.93. The molecule has 2 heterocycles. The van der Waals surface area contributed by atoms with Gasteiger partial charge in [0, 0.05) is 13.1 Å². The SMILES string of the molecule is O=[N+]([O-])c1cc(Cl)nc(NN2CCOCC2)c1. The Morgan fingerprint density at radius 1 is 1.47 bits per heavy atom. The Balaban J connectivity index is 2.11. The van der Waals surface area contributed by atoms with Crippen LogP contribution in [0.4, 0.5) is 11.5 Å². The quantitative estimate of drug-likeness (QED) is 0.500. The number of hydrogen-bond acceptors (Lipinski definition) is 6. The third-order valence-corrected chi connectivity index (χ3v) is 2.47. The highest BCUT2D eigenvalue weighted by Gasteiger charge is 2.14. The number of nitrogens with one attached hydrogen (secondary N) is 1. The summed E-state index contributed by atoms with van der Waals surface area (Å²) in [6, 6.07) is 2.56. The standard InChI is InChI=1S/C9H11ClN4O3/c10-8-5-7(14(15)16)6-9(11-8)12-13-1-3-17-4-2-13/h5-6H,1-4H2,(H,11,12). The van der Waals surface area contributed by atoms with E-state index in [4.69, 9.17) is 16.3 Å². The molecule has 1 aromatic rings. The topological polar surface area (TPSA) is 80.5 Å². The Labute approximate surface area is 102 Å². The minimum absolute atomic E-state index is 0.0826. The molecule has 0 aliphatic carbocycles. The number of nitrogens with zero attached hydrogens (tertiary/aromatic N) is 3. The van der Waals surface area contributed by atoms with Crippen molar-refractivity contribution in [3.8, 4) is 0 Å². The Morgan fingerprint density at radius 3 is 2.82 bits per heavy atom. The molecule has 0 spiro atoms. The van der Waals surface area contributed by atoms with E-state index < -0.39 is 4.92 Å². The number of anilines is 1. The lowest BCUT2D eigenvalue weighted by atomic mass is 10.4. The molecule has 1 fully saturated rings. The second-order valence-corrected chi connectivity index (χ2v) is 3.89. The van der Waals surface area contributed by atoms with Crippen LogP contribution in [0.25, 0.3) is 0 Å². The molecule has 1 aliphatic heterocycles. The minimum Gasteiger partial charge on any atom is -0.379 e. The van der Waals surface area contributed by atoms with Gasteiger partial charge in [-0.25, -0.2) is 9.99 Å². The maximum Gasteiger partial charge on any atom is 0.276 e. The average molecular weight is 259 g/mol. The van der Waals surface area contributed by atoms with E-state index in [2.05, 4.69) is 10.4 Å². The predicted octanol–water partition coefficient (Wildman–Crippen LogP) is 1.30. The van der Waals surface area contributed by atoms with Gasteiger partial charge in [0.05, 0.1) is 30.3 Å². The van der Waals surface area contributed by atoms with Gasteiger partial charge in [-0.1, -0.05) is 11.6 Å². The Hall–Kier alpha value is -1.44.